The van der Waals surface area contributed by atoms with Crippen LogP contribution in [-0.2, 0) is 6.54 Å². The van der Waals surface area contributed by atoms with Crippen molar-refractivity contribution in [3.05, 3.63) is 22.4 Å². The van der Waals surface area contributed by atoms with Gasteiger partial charge in [0.1, 0.15) is 0 Å². The van der Waals surface area contributed by atoms with E-state index in [0.717, 1.165) is 31.0 Å². The van der Waals surface area contributed by atoms with Gasteiger partial charge in [0.05, 0.1) is 0 Å². The Hall–Kier alpha value is -0.380. The first-order valence-electron chi connectivity index (χ1n) is 7.14. The van der Waals surface area contributed by atoms with Crippen molar-refractivity contribution in [2.24, 2.45) is 11.8 Å². The van der Waals surface area contributed by atoms with Crippen LogP contribution in [0, 0.1) is 11.8 Å². The van der Waals surface area contributed by atoms with Crippen molar-refractivity contribution in [2.45, 2.75) is 39.8 Å². The molecule has 18 heavy (non-hydrogen) atoms. The van der Waals surface area contributed by atoms with Gasteiger partial charge in [-0.1, -0.05) is 19.9 Å². The zero-order chi connectivity index (χ0) is 13.0. The number of piperidine rings is 1. The maximum absolute atomic E-state index is 3.55. The van der Waals surface area contributed by atoms with Gasteiger partial charge in [-0.25, -0.2) is 0 Å². The first-order valence-corrected chi connectivity index (χ1v) is 8.02. The van der Waals surface area contributed by atoms with E-state index in [-0.39, 0.29) is 0 Å². The van der Waals surface area contributed by atoms with Gasteiger partial charge in [0.2, 0.25) is 0 Å². The first-order chi connectivity index (χ1) is 8.66. The highest BCUT2D eigenvalue weighted by Crippen LogP contribution is 2.26. The summed E-state index contributed by atoms with van der Waals surface area (Å²) in [7, 11) is 0. The summed E-state index contributed by atoms with van der Waals surface area (Å²) in [5.74, 6) is 1.69. The third-order valence-corrected chi connectivity index (χ3v) is 5.05. The Balaban J connectivity index is 1.69. The SMILES string of the molecule is CC1CC(C)C(C)N(CCNCc2cccs2)C1. The molecule has 0 spiro atoms. The van der Waals surface area contributed by atoms with Gasteiger partial charge in [-0.05, 0) is 36.6 Å². The van der Waals surface area contributed by atoms with Crippen molar-refractivity contribution in [1.29, 1.82) is 0 Å². The molecule has 102 valence electrons. The molecule has 3 unspecified atom stereocenters. The molecule has 0 aromatic carbocycles. The van der Waals surface area contributed by atoms with Gasteiger partial charge < -0.3 is 5.32 Å². The number of likely N-dealkylation sites (tertiary alicyclic amines) is 1. The highest BCUT2D eigenvalue weighted by Gasteiger charge is 2.27. The summed E-state index contributed by atoms with van der Waals surface area (Å²) < 4.78 is 0. The van der Waals surface area contributed by atoms with Gasteiger partial charge in [0.15, 0.2) is 0 Å². The number of nitrogens with one attached hydrogen (secondary N) is 1. The fourth-order valence-corrected chi connectivity index (χ4v) is 3.65. The average molecular weight is 266 g/mol. The summed E-state index contributed by atoms with van der Waals surface area (Å²) in [5, 5.41) is 5.70. The quantitative estimate of drug-likeness (QED) is 0.823. The second-order valence-corrected chi connectivity index (χ2v) is 6.84. The lowest BCUT2D eigenvalue weighted by Gasteiger charge is -2.41. The monoisotopic (exact) mass is 266 g/mol. The Morgan fingerprint density at radius 1 is 1.39 bits per heavy atom. The molecule has 1 aromatic heterocycles. The number of rotatable bonds is 5. The zero-order valence-electron chi connectivity index (χ0n) is 11.9. The third-order valence-electron chi connectivity index (χ3n) is 4.17. The molecular formula is C15H26N2S. The Bertz CT molecular complexity index is 336. The molecule has 0 radical (unpaired) electrons. The van der Waals surface area contributed by atoms with Crippen LogP contribution in [0.25, 0.3) is 0 Å². The Labute approximate surface area is 115 Å². The second kappa shape index (κ2) is 6.69. The van der Waals surface area contributed by atoms with E-state index in [0.29, 0.717) is 0 Å². The molecule has 0 saturated carbocycles. The van der Waals surface area contributed by atoms with E-state index in [2.05, 4.69) is 48.5 Å². The van der Waals surface area contributed by atoms with Crippen molar-refractivity contribution in [1.82, 2.24) is 10.2 Å². The summed E-state index contributed by atoms with van der Waals surface area (Å²) >= 11 is 1.83. The molecule has 1 saturated heterocycles. The van der Waals surface area contributed by atoms with Gasteiger partial charge in [0.25, 0.3) is 0 Å². The van der Waals surface area contributed by atoms with Crippen molar-refractivity contribution < 1.29 is 0 Å². The highest BCUT2D eigenvalue weighted by molar-refractivity contribution is 7.09. The molecule has 1 N–H and O–H groups in total. The van der Waals surface area contributed by atoms with Gasteiger partial charge in [-0.2, -0.15) is 0 Å². The molecule has 1 aliphatic heterocycles. The van der Waals surface area contributed by atoms with E-state index in [1.807, 2.05) is 11.3 Å². The number of nitrogens with zero attached hydrogens (tertiary/aromatic N) is 1. The summed E-state index contributed by atoms with van der Waals surface area (Å²) in [6, 6.07) is 5.06. The first kappa shape index (κ1) is 14.0. The largest absolute Gasteiger partial charge is 0.311 e. The molecule has 0 amide bonds. The predicted molar refractivity (Wildman–Crippen MR) is 80.0 cm³/mol. The fraction of sp³-hybridized carbons (Fsp3) is 0.733. The lowest BCUT2D eigenvalue weighted by Crippen LogP contribution is -2.47. The molecule has 1 fully saturated rings. The predicted octanol–water partition coefficient (Wildman–Crippen LogP) is 3.20. The summed E-state index contributed by atoms with van der Waals surface area (Å²) in [6.45, 7) is 11.7. The molecule has 3 heteroatoms. The van der Waals surface area contributed by atoms with Crippen LogP contribution in [0.3, 0.4) is 0 Å². The lowest BCUT2D eigenvalue weighted by molar-refractivity contribution is 0.0807. The molecule has 3 atom stereocenters. The normalized spacial score (nSPS) is 29.6. The van der Waals surface area contributed by atoms with Gasteiger partial charge in [-0.3, -0.25) is 4.90 Å². The molecule has 0 aliphatic carbocycles. The maximum atomic E-state index is 3.55. The van der Waals surface area contributed by atoms with E-state index < -0.39 is 0 Å². The zero-order valence-corrected chi connectivity index (χ0v) is 12.7. The number of hydrogen-bond acceptors (Lipinski definition) is 3. The molecule has 2 heterocycles. The van der Waals surface area contributed by atoms with Crippen molar-refractivity contribution in [3.63, 3.8) is 0 Å². The molecule has 1 aliphatic rings. The summed E-state index contributed by atoms with van der Waals surface area (Å²) in [6.07, 6.45) is 1.39. The topological polar surface area (TPSA) is 15.3 Å². The van der Waals surface area contributed by atoms with Gasteiger partial charge in [0, 0.05) is 37.1 Å². The van der Waals surface area contributed by atoms with Crippen LogP contribution in [-0.4, -0.2) is 30.6 Å². The van der Waals surface area contributed by atoms with E-state index in [4.69, 9.17) is 0 Å². The minimum atomic E-state index is 0.740. The average Bonchev–Trinajstić information content (AvgIpc) is 2.83. The number of hydrogen-bond donors (Lipinski definition) is 1. The van der Waals surface area contributed by atoms with Crippen molar-refractivity contribution in [2.75, 3.05) is 19.6 Å². The van der Waals surface area contributed by atoms with Crippen molar-refractivity contribution >= 4 is 11.3 Å². The van der Waals surface area contributed by atoms with Crippen LogP contribution in [0.15, 0.2) is 17.5 Å². The number of thiophene rings is 1. The van der Waals surface area contributed by atoms with E-state index in [1.165, 1.54) is 24.4 Å². The van der Waals surface area contributed by atoms with E-state index in [9.17, 15) is 0 Å². The Morgan fingerprint density at radius 3 is 2.94 bits per heavy atom. The molecule has 1 aromatic rings. The molecule has 2 rings (SSSR count). The van der Waals surface area contributed by atoms with E-state index >= 15 is 0 Å². The Morgan fingerprint density at radius 2 is 2.22 bits per heavy atom. The van der Waals surface area contributed by atoms with Gasteiger partial charge in [-0.15, -0.1) is 11.3 Å². The van der Waals surface area contributed by atoms with Crippen LogP contribution in [0.1, 0.15) is 32.1 Å². The van der Waals surface area contributed by atoms with Crippen LogP contribution >= 0.6 is 11.3 Å². The molecule has 2 nitrogen and oxygen atoms in total. The van der Waals surface area contributed by atoms with Crippen LogP contribution in [0.5, 0.6) is 0 Å². The smallest absolute Gasteiger partial charge is 0.0300 e. The fourth-order valence-electron chi connectivity index (χ4n) is 2.97. The lowest BCUT2D eigenvalue weighted by atomic mass is 9.86. The molecule has 0 bridgehead atoms. The second-order valence-electron chi connectivity index (χ2n) is 5.81. The molecular weight excluding hydrogens is 240 g/mol. The van der Waals surface area contributed by atoms with Crippen LogP contribution in [0.2, 0.25) is 0 Å². The minimum Gasteiger partial charge on any atom is -0.311 e. The Kier molecular flexibility index (Phi) is 5.22. The van der Waals surface area contributed by atoms with E-state index in [1.54, 1.807) is 0 Å². The minimum absolute atomic E-state index is 0.740. The summed E-state index contributed by atoms with van der Waals surface area (Å²) in [4.78, 5) is 4.09. The van der Waals surface area contributed by atoms with Gasteiger partial charge >= 0.3 is 0 Å². The summed E-state index contributed by atoms with van der Waals surface area (Å²) in [5.41, 5.74) is 0. The third kappa shape index (κ3) is 3.81. The van der Waals surface area contributed by atoms with Crippen molar-refractivity contribution in [3.8, 4) is 0 Å². The van der Waals surface area contributed by atoms with Crippen LogP contribution in [0.4, 0.5) is 0 Å². The highest BCUT2D eigenvalue weighted by atomic mass is 32.1. The standard InChI is InChI=1S/C15H26N2S/c1-12-9-13(2)14(3)17(11-12)7-6-16-10-15-5-4-8-18-15/h4-5,8,12-14,16H,6-7,9-11H2,1-3H3. The van der Waals surface area contributed by atoms with Crippen LogP contribution < -0.4 is 5.32 Å². The maximum Gasteiger partial charge on any atom is 0.0300 e.